The fourth-order valence-electron chi connectivity index (χ4n) is 3.72. The lowest BCUT2D eigenvalue weighted by Gasteiger charge is -2.09. The second-order valence-electron chi connectivity index (χ2n) is 6.89. The van der Waals surface area contributed by atoms with E-state index in [-0.39, 0.29) is 5.56 Å². The van der Waals surface area contributed by atoms with E-state index in [0.717, 1.165) is 46.1 Å². The molecule has 0 atom stereocenters. The van der Waals surface area contributed by atoms with Crippen LogP contribution in [0.1, 0.15) is 34.9 Å². The Morgan fingerprint density at radius 3 is 2.86 bits per heavy atom. The molecule has 0 spiro atoms. The minimum absolute atomic E-state index is 0.0132. The summed E-state index contributed by atoms with van der Waals surface area (Å²) in [6.07, 6.45) is 4.42. The summed E-state index contributed by atoms with van der Waals surface area (Å²) in [7, 11) is 0. The molecule has 0 saturated carbocycles. The number of para-hydroxylation sites is 1. The molecule has 3 aromatic heterocycles. The van der Waals surface area contributed by atoms with Gasteiger partial charge in [-0.1, -0.05) is 30.0 Å². The SMILES string of the molecule is Cc1nnc(SCc2nc3sc4c(c3c(=O)[nH]2)CCCC4)n1-c1ccccc1. The molecule has 1 aromatic carbocycles. The van der Waals surface area contributed by atoms with Gasteiger partial charge in [-0.3, -0.25) is 9.36 Å². The average Bonchev–Trinajstić information content (AvgIpc) is 3.27. The van der Waals surface area contributed by atoms with Crippen LogP contribution >= 0.6 is 23.1 Å². The topological polar surface area (TPSA) is 76.5 Å². The van der Waals surface area contributed by atoms with Crippen LogP contribution in [0.15, 0.2) is 40.3 Å². The highest BCUT2D eigenvalue weighted by Gasteiger charge is 2.20. The van der Waals surface area contributed by atoms with Crippen molar-refractivity contribution in [2.24, 2.45) is 0 Å². The first-order chi connectivity index (χ1) is 13.7. The molecule has 0 unspecified atom stereocenters. The van der Waals surface area contributed by atoms with Gasteiger partial charge >= 0.3 is 0 Å². The van der Waals surface area contributed by atoms with Crippen molar-refractivity contribution in [3.05, 3.63) is 62.8 Å². The van der Waals surface area contributed by atoms with Gasteiger partial charge in [0.1, 0.15) is 16.5 Å². The predicted octanol–water partition coefficient (Wildman–Crippen LogP) is 4.04. The molecule has 1 aliphatic rings. The lowest BCUT2D eigenvalue weighted by molar-refractivity contribution is 0.700. The first-order valence-electron chi connectivity index (χ1n) is 9.34. The first kappa shape index (κ1) is 17.6. The number of aromatic amines is 1. The van der Waals surface area contributed by atoms with E-state index in [1.165, 1.54) is 28.6 Å². The normalized spacial score (nSPS) is 13.8. The summed E-state index contributed by atoms with van der Waals surface area (Å²) < 4.78 is 2.02. The van der Waals surface area contributed by atoms with Crippen LogP contribution in [0.5, 0.6) is 0 Å². The number of rotatable bonds is 4. The van der Waals surface area contributed by atoms with Crippen molar-refractivity contribution in [1.29, 1.82) is 0 Å². The standard InChI is InChI=1S/C20H19N5OS2/c1-12-23-24-20(25(12)13-7-3-2-4-8-13)27-11-16-21-18(26)17-14-9-5-6-10-15(14)28-19(17)22-16/h2-4,7-8H,5-6,9-11H2,1H3,(H,21,22,26). The number of nitrogens with zero attached hydrogens (tertiary/aromatic N) is 4. The van der Waals surface area contributed by atoms with E-state index < -0.39 is 0 Å². The third-order valence-electron chi connectivity index (χ3n) is 5.02. The number of nitrogens with one attached hydrogen (secondary N) is 1. The van der Waals surface area contributed by atoms with Crippen molar-refractivity contribution < 1.29 is 0 Å². The number of thioether (sulfide) groups is 1. The van der Waals surface area contributed by atoms with Crippen molar-refractivity contribution in [1.82, 2.24) is 24.7 Å². The van der Waals surface area contributed by atoms with E-state index in [9.17, 15) is 4.79 Å². The second-order valence-corrected chi connectivity index (χ2v) is 8.92. The minimum atomic E-state index is -0.0132. The first-order valence-corrected chi connectivity index (χ1v) is 11.1. The maximum atomic E-state index is 12.7. The van der Waals surface area contributed by atoms with E-state index in [2.05, 4.69) is 15.2 Å². The van der Waals surface area contributed by atoms with Crippen LogP contribution in [0.3, 0.4) is 0 Å². The van der Waals surface area contributed by atoms with E-state index in [1.54, 1.807) is 11.3 Å². The third kappa shape index (κ3) is 3.06. The van der Waals surface area contributed by atoms with E-state index in [4.69, 9.17) is 4.98 Å². The Hall–Kier alpha value is -2.45. The quantitative estimate of drug-likeness (QED) is 0.515. The monoisotopic (exact) mass is 409 g/mol. The molecule has 5 rings (SSSR count). The molecule has 0 radical (unpaired) electrons. The fraction of sp³-hybridized carbons (Fsp3) is 0.300. The Morgan fingerprint density at radius 2 is 2.00 bits per heavy atom. The molecule has 0 saturated heterocycles. The summed E-state index contributed by atoms with van der Waals surface area (Å²) >= 11 is 3.21. The summed E-state index contributed by atoms with van der Waals surface area (Å²) in [5, 5.41) is 10.1. The van der Waals surface area contributed by atoms with Crippen LogP contribution in [-0.2, 0) is 18.6 Å². The summed E-state index contributed by atoms with van der Waals surface area (Å²) in [5.41, 5.74) is 2.23. The Bertz CT molecular complexity index is 1210. The van der Waals surface area contributed by atoms with Crippen molar-refractivity contribution >= 4 is 33.3 Å². The third-order valence-corrected chi connectivity index (χ3v) is 7.15. The van der Waals surface area contributed by atoms with Crippen LogP contribution in [-0.4, -0.2) is 24.7 Å². The zero-order valence-corrected chi connectivity index (χ0v) is 17.1. The predicted molar refractivity (Wildman–Crippen MR) is 113 cm³/mol. The van der Waals surface area contributed by atoms with Crippen molar-refractivity contribution in [2.45, 2.75) is 43.5 Å². The lowest BCUT2D eigenvalue weighted by Crippen LogP contribution is -2.12. The fourth-order valence-corrected chi connectivity index (χ4v) is 5.87. The molecular formula is C20H19N5OS2. The number of benzene rings is 1. The Morgan fingerprint density at radius 1 is 1.18 bits per heavy atom. The zero-order chi connectivity index (χ0) is 19.1. The number of fused-ring (bicyclic) bond motifs is 3. The molecule has 8 heteroatoms. The average molecular weight is 410 g/mol. The lowest BCUT2D eigenvalue weighted by atomic mass is 9.97. The smallest absolute Gasteiger partial charge is 0.259 e. The van der Waals surface area contributed by atoms with Gasteiger partial charge in [0.25, 0.3) is 5.56 Å². The van der Waals surface area contributed by atoms with Gasteiger partial charge in [0.05, 0.1) is 11.1 Å². The molecule has 0 bridgehead atoms. The highest BCUT2D eigenvalue weighted by atomic mass is 32.2. The summed E-state index contributed by atoms with van der Waals surface area (Å²) in [6, 6.07) is 10.0. The molecular weight excluding hydrogens is 390 g/mol. The summed E-state index contributed by atoms with van der Waals surface area (Å²) in [6.45, 7) is 1.94. The van der Waals surface area contributed by atoms with Gasteiger partial charge in [-0.25, -0.2) is 4.98 Å². The molecule has 1 aliphatic carbocycles. The van der Waals surface area contributed by atoms with Gasteiger partial charge in [-0.05, 0) is 50.3 Å². The van der Waals surface area contributed by atoms with Gasteiger partial charge in [0, 0.05) is 10.6 Å². The van der Waals surface area contributed by atoms with Gasteiger partial charge in [0.2, 0.25) is 0 Å². The van der Waals surface area contributed by atoms with Crippen molar-refractivity contribution in [3.63, 3.8) is 0 Å². The van der Waals surface area contributed by atoms with E-state index >= 15 is 0 Å². The molecule has 6 nitrogen and oxygen atoms in total. The molecule has 3 heterocycles. The van der Waals surface area contributed by atoms with Crippen LogP contribution in [0.4, 0.5) is 0 Å². The molecule has 1 N–H and O–H groups in total. The van der Waals surface area contributed by atoms with Crippen LogP contribution in [0.2, 0.25) is 0 Å². The highest BCUT2D eigenvalue weighted by Crippen LogP contribution is 2.34. The van der Waals surface area contributed by atoms with Gasteiger partial charge in [-0.15, -0.1) is 21.5 Å². The van der Waals surface area contributed by atoms with E-state index in [0.29, 0.717) is 11.6 Å². The maximum absolute atomic E-state index is 12.7. The number of hydrogen-bond donors (Lipinski definition) is 1. The maximum Gasteiger partial charge on any atom is 0.259 e. The number of thiophene rings is 1. The van der Waals surface area contributed by atoms with Crippen LogP contribution in [0.25, 0.3) is 15.9 Å². The number of H-pyrrole nitrogens is 1. The summed E-state index contributed by atoms with van der Waals surface area (Å²) in [5.74, 6) is 2.05. The molecule has 142 valence electrons. The Labute approximate surface area is 170 Å². The largest absolute Gasteiger partial charge is 0.309 e. The number of aryl methyl sites for hydroxylation is 3. The van der Waals surface area contributed by atoms with Gasteiger partial charge in [0.15, 0.2) is 5.16 Å². The molecule has 0 fully saturated rings. The highest BCUT2D eigenvalue weighted by molar-refractivity contribution is 7.98. The van der Waals surface area contributed by atoms with Gasteiger partial charge in [-0.2, -0.15) is 0 Å². The number of aromatic nitrogens is 5. The summed E-state index contributed by atoms with van der Waals surface area (Å²) in [4.78, 5) is 22.6. The van der Waals surface area contributed by atoms with Gasteiger partial charge < -0.3 is 4.98 Å². The Kier molecular flexibility index (Phi) is 4.52. The number of hydrogen-bond acceptors (Lipinski definition) is 6. The minimum Gasteiger partial charge on any atom is -0.309 e. The van der Waals surface area contributed by atoms with Crippen LogP contribution < -0.4 is 5.56 Å². The molecule has 4 aromatic rings. The second kappa shape index (κ2) is 7.18. The van der Waals surface area contributed by atoms with Crippen molar-refractivity contribution in [3.8, 4) is 5.69 Å². The molecule has 0 amide bonds. The van der Waals surface area contributed by atoms with Crippen molar-refractivity contribution in [2.75, 3.05) is 0 Å². The molecule has 28 heavy (non-hydrogen) atoms. The molecule has 0 aliphatic heterocycles. The Balaban J connectivity index is 1.45. The van der Waals surface area contributed by atoms with E-state index in [1.807, 2.05) is 41.8 Å². The van der Waals surface area contributed by atoms with Crippen LogP contribution in [0, 0.1) is 6.92 Å². The zero-order valence-electron chi connectivity index (χ0n) is 15.4.